The van der Waals surface area contributed by atoms with Gasteiger partial charge in [0.05, 0.1) is 0 Å². The van der Waals surface area contributed by atoms with Crippen molar-refractivity contribution in [2.45, 2.75) is 12.1 Å². The lowest BCUT2D eigenvalue weighted by atomic mass is 10.0. The summed E-state index contributed by atoms with van der Waals surface area (Å²) in [5.74, 6) is 0. The summed E-state index contributed by atoms with van der Waals surface area (Å²) in [5, 5.41) is 3.15. The highest BCUT2D eigenvalue weighted by Crippen LogP contribution is 2.17. The van der Waals surface area contributed by atoms with Gasteiger partial charge in [-0.05, 0) is 7.05 Å². The number of likely N-dealkylation sites (N-methyl/N-ethyl adjacent to an activating group) is 1. The molecule has 10 heavy (non-hydrogen) atoms. The van der Waals surface area contributed by atoms with E-state index in [2.05, 4.69) is 41.2 Å². The lowest BCUT2D eigenvalue weighted by Crippen LogP contribution is -2.31. The van der Waals surface area contributed by atoms with Crippen LogP contribution in [0.25, 0.3) is 0 Å². The molecule has 1 saturated heterocycles. The van der Waals surface area contributed by atoms with Crippen LogP contribution in [0.4, 0.5) is 0 Å². The van der Waals surface area contributed by atoms with Gasteiger partial charge in [0.1, 0.15) is 6.67 Å². The molecule has 1 N–H and O–H groups in total. The zero-order valence-corrected chi connectivity index (χ0v) is 5.91. The van der Waals surface area contributed by atoms with Gasteiger partial charge in [-0.2, -0.15) is 0 Å². The second kappa shape index (κ2) is 2.22. The molecule has 52 valence electrons. The third kappa shape index (κ3) is 0.805. The zero-order chi connectivity index (χ0) is 6.97. The van der Waals surface area contributed by atoms with E-state index in [9.17, 15) is 0 Å². The summed E-state index contributed by atoms with van der Waals surface area (Å²) in [7, 11) is 2.03. The molecule has 2 aliphatic rings. The molecule has 0 bridgehead atoms. The third-order valence-corrected chi connectivity index (χ3v) is 1.96. The fraction of sp³-hybridized carbons (Fsp3) is 0.375. The van der Waals surface area contributed by atoms with Crippen LogP contribution in [0.5, 0.6) is 0 Å². The fourth-order valence-corrected chi connectivity index (χ4v) is 1.35. The van der Waals surface area contributed by atoms with E-state index in [0.717, 1.165) is 0 Å². The summed E-state index contributed by atoms with van der Waals surface area (Å²) in [6.45, 7) is 3.04. The predicted octanol–water partition coefficient (Wildman–Crippen LogP) is 0.381. The molecule has 0 aromatic heterocycles. The largest absolute Gasteiger partial charge is 0.285 e. The number of nitrogens with one attached hydrogen (secondary N) is 1. The van der Waals surface area contributed by atoms with E-state index in [1.165, 1.54) is 0 Å². The molecule has 2 radical (unpaired) electrons. The first-order chi connectivity index (χ1) is 4.88. The van der Waals surface area contributed by atoms with Crippen molar-refractivity contribution in [1.82, 2.24) is 10.2 Å². The van der Waals surface area contributed by atoms with Gasteiger partial charge in [-0.15, -0.1) is 0 Å². The monoisotopic (exact) mass is 134 g/mol. The van der Waals surface area contributed by atoms with Gasteiger partial charge in [0, 0.05) is 12.1 Å². The van der Waals surface area contributed by atoms with Crippen molar-refractivity contribution in [3.63, 3.8) is 0 Å². The highest BCUT2D eigenvalue weighted by Gasteiger charge is 2.28. The number of hydrogen-bond acceptors (Lipinski definition) is 2. The van der Waals surface area contributed by atoms with Crippen molar-refractivity contribution < 1.29 is 0 Å². The van der Waals surface area contributed by atoms with E-state index in [1.807, 2.05) is 7.05 Å². The van der Waals surface area contributed by atoms with Crippen molar-refractivity contribution in [3.8, 4) is 0 Å². The van der Waals surface area contributed by atoms with Crippen LogP contribution in [0.2, 0.25) is 0 Å². The number of fused-ring (bicyclic) bond motifs is 1. The second-order valence-corrected chi connectivity index (χ2v) is 2.65. The molecular weight excluding hydrogens is 124 g/mol. The van der Waals surface area contributed by atoms with E-state index < -0.39 is 0 Å². The van der Waals surface area contributed by atoms with Crippen LogP contribution in [0.1, 0.15) is 0 Å². The maximum Gasteiger partial charge on any atom is 0.144 e. The first-order valence-electron chi connectivity index (χ1n) is 3.47. The molecule has 1 fully saturated rings. The number of rotatable bonds is 0. The van der Waals surface area contributed by atoms with Crippen LogP contribution >= 0.6 is 0 Å². The molecule has 1 aliphatic carbocycles. The highest BCUT2D eigenvalue weighted by molar-refractivity contribution is 5.23. The van der Waals surface area contributed by atoms with Gasteiger partial charge >= 0.3 is 0 Å². The van der Waals surface area contributed by atoms with Gasteiger partial charge in [-0.1, -0.05) is 24.3 Å². The molecule has 0 spiro atoms. The maximum absolute atomic E-state index is 3.15. The first-order valence-corrected chi connectivity index (χ1v) is 3.47. The van der Waals surface area contributed by atoms with Crippen LogP contribution in [0, 0.1) is 6.67 Å². The van der Waals surface area contributed by atoms with Gasteiger partial charge in [-0.25, -0.2) is 0 Å². The summed E-state index contributed by atoms with van der Waals surface area (Å²) in [6.07, 6.45) is 8.47. The van der Waals surface area contributed by atoms with Crippen molar-refractivity contribution in [2.24, 2.45) is 0 Å². The molecule has 1 heterocycles. The predicted molar refractivity (Wildman–Crippen MR) is 40.0 cm³/mol. The number of hydrogen-bond donors (Lipinski definition) is 1. The third-order valence-electron chi connectivity index (χ3n) is 1.96. The average molecular weight is 134 g/mol. The molecule has 2 nitrogen and oxygen atoms in total. The van der Waals surface area contributed by atoms with E-state index in [0.29, 0.717) is 12.1 Å². The van der Waals surface area contributed by atoms with E-state index >= 15 is 0 Å². The standard InChI is InChI=1S/C8H10N2/c1-10-6-9-7-4-2-3-5-8(7)10/h2-5,7-9H,1H3. The van der Waals surface area contributed by atoms with E-state index in [1.54, 1.807) is 0 Å². The molecule has 0 amide bonds. The highest BCUT2D eigenvalue weighted by atomic mass is 15.3. The molecule has 1 aliphatic heterocycles. The van der Waals surface area contributed by atoms with Crippen molar-refractivity contribution >= 4 is 0 Å². The van der Waals surface area contributed by atoms with Gasteiger partial charge in [0.15, 0.2) is 0 Å². The summed E-state index contributed by atoms with van der Waals surface area (Å²) >= 11 is 0. The minimum absolute atomic E-state index is 0.440. The van der Waals surface area contributed by atoms with Gasteiger partial charge in [-0.3, -0.25) is 10.2 Å². The zero-order valence-electron chi connectivity index (χ0n) is 5.91. The summed E-state index contributed by atoms with van der Waals surface area (Å²) in [6, 6.07) is 0.917. The smallest absolute Gasteiger partial charge is 0.144 e. The van der Waals surface area contributed by atoms with Gasteiger partial charge in [0.25, 0.3) is 0 Å². The molecule has 0 aromatic rings. The Hall–Kier alpha value is -0.600. The topological polar surface area (TPSA) is 15.3 Å². The van der Waals surface area contributed by atoms with E-state index in [-0.39, 0.29) is 0 Å². The Morgan fingerprint density at radius 3 is 3.00 bits per heavy atom. The number of nitrogens with zero attached hydrogens (tertiary/aromatic N) is 1. The number of allylic oxidation sites excluding steroid dienone is 2. The quantitative estimate of drug-likeness (QED) is 0.515. The fourth-order valence-electron chi connectivity index (χ4n) is 1.35. The lowest BCUT2D eigenvalue weighted by Gasteiger charge is -2.19. The first kappa shape index (κ1) is 6.13. The summed E-state index contributed by atoms with van der Waals surface area (Å²) in [4.78, 5) is 2.06. The second-order valence-electron chi connectivity index (χ2n) is 2.65. The molecular formula is C8H10N2. The Morgan fingerprint density at radius 2 is 2.20 bits per heavy atom. The Morgan fingerprint density at radius 1 is 1.40 bits per heavy atom. The van der Waals surface area contributed by atoms with E-state index in [4.69, 9.17) is 0 Å². The summed E-state index contributed by atoms with van der Waals surface area (Å²) < 4.78 is 0. The SMILES string of the molecule is CN1[C]NC2C=CC=CC21. The molecule has 2 heteroatoms. The lowest BCUT2D eigenvalue weighted by molar-refractivity contribution is 0.394. The normalized spacial score (nSPS) is 38.5. The van der Waals surface area contributed by atoms with Crippen LogP contribution in [0.15, 0.2) is 24.3 Å². The van der Waals surface area contributed by atoms with Crippen LogP contribution in [-0.2, 0) is 0 Å². The molecule has 0 aromatic carbocycles. The van der Waals surface area contributed by atoms with Gasteiger partial charge in [0.2, 0.25) is 0 Å². The Kier molecular flexibility index (Phi) is 1.36. The Labute approximate surface area is 61.2 Å². The average Bonchev–Trinajstić information content (AvgIpc) is 2.34. The van der Waals surface area contributed by atoms with Crippen molar-refractivity contribution in [1.29, 1.82) is 0 Å². The Bertz CT molecular complexity index is 184. The molecule has 2 atom stereocenters. The summed E-state index contributed by atoms with van der Waals surface area (Å²) in [5.41, 5.74) is 0. The van der Waals surface area contributed by atoms with Crippen molar-refractivity contribution in [2.75, 3.05) is 7.05 Å². The molecule has 2 rings (SSSR count). The maximum atomic E-state index is 3.15. The van der Waals surface area contributed by atoms with Crippen LogP contribution in [0.3, 0.4) is 0 Å². The van der Waals surface area contributed by atoms with Crippen molar-refractivity contribution in [3.05, 3.63) is 31.0 Å². The minimum Gasteiger partial charge on any atom is -0.285 e. The molecule has 0 saturated carbocycles. The molecule has 2 unspecified atom stereocenters. The Balaban J connectivity index is 2.19. The van der Waals surface area contributed by atoms with Crippen LogP contribution in [-0.4, -0.2) is 24.0 Å². The minimum atomic E-state index is 0.440. The van der Waals surface area contributed by atoms with Gasteiger partial charge < -0.3 is 0 Å². The van der Waals surface area contributed by atoms with Crippen LogP contribution < -0.4 is 5.32 Å².